The highest BCUT2D eigenvalue weighted by molar-refractivity contribution is 5.80. The molecule has 24 heavy (non-hydrogen) atoms. The van der Waals surface area contributed by atoms with Crippen LogP contribution in [-0.2, 0) is 4.79 Å². The van der Waals surface area contributed by atoms with Crippen LogP contribution in [0.5, 0.6) is 5.75 Å². The molecule has 1 saturated heterocycles. The Morgan fingerprint density at radius 2 is 1.46 bits per heavy atom. The molecule has 0 N–H and O–H groups in total. The molecule has 5 aliphatic rings. The van der Waals surface area contributed by atoms with Crippen molar-refractivity contribution in [3.63, 3.8) is 0 Å². The first-order valence-electron chi connectivity index (χ1n) is 9.77. The van der Waals surface area contributed by atoms with E-state index in [1.807, 2.05) is 12.1 Å². The van der Waals surface area contributed by atoms with E-state index in [-0.39, 0.29) is 11.4 Å². The van der Waals surface area contributed by atoms with Crippen molar-refractivity contribution < 1.29 is 9.53 Å². The number of ether oxygens (including phenoxy) is 1. The summed E-state index contributed by atoms with van der Waals surface area (Å²) in [6.45, 7) is 2.29. The maximum atomic E-state index is 13.0. The van der Waals surface area contributed by atoms with Crippen LogP contribution in [0.1, 0.15) is 51.4 Å². The number of anilines is 1. The third-order valence-electron chi connectivity index (χ3n) is 6.99. The van der Waals surface area contributed by atoms with E-state index in [4.69, 9.17) is 4.74 Å². The zero-order valence-corrected chi connectivity index (χ0v) is 14.4. The molecule has 0 unspecified atom stereocenters. The number of carbonyl (C=O) groups is 1. The number of rotatable bonds is 3. The third kappa shape index (κ3) is 2.44. The van der Waals surface area contributed by atoms with Gasteiger partial charge in [-0.2, -0.15) is 0 Å². The van der Waals surface area contributed by atoms with Gasteiger partial charge in [0.2, 0.25) is 0 Å². The summed E-state index contributed by atoms with van der Waals surface area (Å²) in [4.78, 5) is 15.4. The van der Waals surface area contributed by atoms with Gasteiger partial charge in [-0.05, 0) is 93.4 Å². The molecule has 1 aliphatic heterocycles. The minimum Gasteiger partial charge on any atom is -0.426 e. The van der Waals surface area contributed by atoms with Gasteiger partial charge in [-0.3, -0.25) is 4.79 Å². The van der Waals surface area contributed by atoms with E-state index in [2.05, 4.69) is 17.0 Å². The summed E-state index contributed by atoms with van der Waals surface area (Å²) in [6, 6.07) is 8.17. The van der Waals surface area contributed by atoms with E-state index in [1.165, 1.54) is 37.8 Å². The fourth-order valence-electron chi connectivity index (χ4n) is 6.28. The summed E-state index contributed by atoms with van der Waals surface area (Å²) in [5.74, 6) is 3.11. The van der Waals surface area contributed by atoms with Crippen LogP contribution in [0, 0.1) is 23.2 Å². The smallest absolute Gasteiger partial charge is 0.317 e. The average Bonchev–Trinajstić information content (AvgIpc) is 3.09. The molecular weight excluding hydrogens is 298 g/mol. The Morgan fingerprint density at radius 3 is 2.00 bits per heavy atom. The molecule has 1 heterocycles. The van der Waals surface area contributed by atoms with Crippen LogP contribution in [0.15, 0.2) is 24.3 Å². The molecule has 1 aromatic carbocycles. The van der Waals surface area contributed by atoms with E-state index in [1.54, 1.807) is 0 Å². The molecule has 6 rings (SSSR count). The highest BCUT2D eigenvalue weighted by Gasteiger charge is 2.55. The molecule has 4 saturated carbocycles. The summed E-state index contributed by atoms with van der Waals surface area (Å²) in [5, 5.41) is 0. The third-order valence-corrected chi connectivity index (χ3v) is 6.99. The summed E-state index contributed by atoms with van der Waals surface area (Å²) >= 11 is 0. The summed E-state index contributed by atoms with van der Waals surface area (Å²) in [7, 11) is 0. The maximum Gasteiger partial charge on any atom is 0.317 e. The first kappa shape index (κ1) is 14.8. The lowest BCUT2D eigenvalue weighted by Crippen LogP contribution is -2.51. The van der Waals surface area contributed by atoms with E-state index >= 15 is 0 Å². The van der Waals surface area contributed by atoms with Gasteiger partial charge >= 0.3 is 5.97 Å². The standard InChI is InChI=1S/C21H27NO2/c23-20(21-12-15-9-16(13-21)11-17(10-15)14-21)24-19-5-3-18(4-6-19)22-7-1-2-8-22/h3-6,15-17H,1-2,7-14H2. The number of benzene rings is 1. The molecule has 1 aromatic rings. The normalized spacial score (nSPS) is 37.0. The Labute approximate surface area is 144 Å². The van der Waals surface area contributed by atoms with E-state index < -0.39 is 0 Å². The van der Waals surface area contributed by atoms with Crippen LogP contribution in [0.3, 0.4) is 0 Å². The van der Waals surface area contributed by atoms with Gasteiger partial charge in [0.05, 0.1) is 5.41 Å². The number of hydrogen-bond donors (Lipinski definition) is 0. The van der Waals surface area contributed by atoms with Gasteiger partial charge < -0.3 is 9.64 Å². The Balaban J connectivity index is 1.30. The summed E-state index contributed by atoms with van der Waals surface area (Å²) in [5.41, 5.74) is 1.09. The first-order chi connectivity index (χ1) is 11.7. The second kappa shape index (κ2) is 5.50. The molecule has 3 nitrogen and oxygen atoms in total. The summed E-state index contributed by atoms with van der Waals surface area (Å²) < 4.78 is 5.86. The molecular formula is C21H27NO2. The van der Waals surface area contributed by atoms with Gasteiger partial charge in [-0.15, -0.1) is 0 Å². The number of nitrogens with zero attached hydrogens (tertiary/aromatic N) is 1. The first-order valence-corrected chi connectivity index (χ1v) is 9.77. The van der Waals surface area contributed by atoms with Gasteiger partial charge in [-0.1, -0.05) is 0 Å². The molecule has 4 aliphatic carbocycles. The zero-order valence-electron chi connectivity index (χ0n) is 14.4. The lowest BCUT2D eigenvalue weighted by molar-refractivity contribution is -0.161. The van der Waals surface area contributed by atoms with Gasteiger partial charge in [0, 0.05) is 18.8 Å². The van der Waals surface area contributed by atoms with Gasteiger partial charge in [0.1, 0.15) is 5.75 Å². The molecule has 4 bridgehead atoms. The molecule has 0 amide bonds. The van der Waals surface area contributed by atoms with Crippen LogP contribution >= 0.6 is 0 Å². The number of carbonyl (C=O) groups excluding carboxylic acids is 1. The monoisotopic (exact) mass is 325 g/mol. The fraction of sp³-hybridized carbons (Fsp3) is 0.667. The second-order valence-electron chi connectivity index (χ2n) is 8.78. The van der Waals surface area contributed by atoms with E-state index in [0.29, 0.717) is 0 Å². The van der Waals surface area contributed by atoms with Gasteiger partial charge in [0.25, 0.3) is 0 Å². The molecule has 3 heteroatoms. The molecule has 0 spiro atoms. The molecule has 5 fully saturated rings. The largest absolute Gasteiger partial charge is 0.426 e. The minimum atomic E-state index is -0.164. The lowest BCUT2D eigenvalue weighted by atomic mass is 9.49. The second-order valence-corrected chi connectivity index (χ2v) is 8.78. The van der Waals surface area contributed by atoms with Crippen molar-refractivity contribution in [2.24, 2.45) is 23.2 Å². The van der Waals surface area contributed by atoms with Crippen LogP contribution in [0.4, 0.5) is 5.69 Å². The maximum absolute atomic E-state index is 13.0. The molecule has 0 atom stereocenters. The molecule has 128 valence electrons. The summed E-state index contributed by atoms with van der Waals surface area (Å²) in [6.07, 6.45) is 9.85. The minimum absolute atomic E-state index is 0.0514. The molecule has 0 radical (unpaired) electrons. The van der Waals surface area contributed by atoms with Crippen molar-refractivity contribution in [3.05, 3.63) is 24.3 Å². The van der Waals surface area contributed by atoms with E-state index in [9.17, 15) is 4.79 Å². The fourth-order valence-corrected chi connectivity index (χ4v) is 6.28. The van der Waals surface area contributed by atoms with Crippen molar-refractivity contribution in [2.45, 2.75) is 51.4 Å². The van der Waals surface area contributed by atoms with Crippen LogP contribution in [-0.4, -0.2) is 19.1 Å². The average molecular weight is 325 g/mol. The lowest BCUT2D eigenvalue weighted by Gasteiger charge is -2.55. The Morgan fingerprint density at radius 1 is 0.917 bits per heavy atom. The SMILES string of the molecule is O=C(Oc1ccc(N2CCCC2)cc1)C12CC3CC(CC(C3)C1)C2. The van der Waals surface area contributed by atoms with Crippen molar-refractivity contribution in [2.75, 3.05) is 18.0 Å². The highest BCUT2D eigenvalue weighted by atomic mass is 16.5. The Bertz CT molecular complexity index is 594. The van der Waals surface area contributed by atoms with E-state index in [0.717, 1.165) is 55.9 Å². The zero-order chi connectivity index (χ0) is 16.1. The van der Waals surface area contributed by atoms with Crippen molar-refractivity contribution >= 4 is 11.7 Å². The predicted octanol–water partition coefficient (Wildman–Crippen LogP) is 4.41. The number of hydrogen-bond acceptors (Lipinski definition) is 3. The van der Waals surface area contributed by atoms with Gasteiger partial charge in [0.15, 0.2) is 0 Å². The Hall–Kier alpha value is -1.51. The van der Waals surface area contributed by atoms with Crippen LogP contribution in [0.2, 0.25) is 0 Å². The van der Waals surface area contributed by atoms with Gasteiger partial charge in [-0.25, -0.2) is 0 Å². The van der Waals surface area contributed by atoms with Crippen LogP contribution < -0.4 is 9.64 Å². The quantitative estimate of drug-likeness (QED) is 0.609. The topological polar surface area (TPSA) is 29.5 Å². The predicted molar refractivity (Wildman–Crippen MR) is 94.1 cm³/mol. The Kier molecular flexibility index (Phi) is 3.39. The van der Waals surface area contributed by atoms with Crippen molar-refractivity contribution in [3.8, 4) is 5.75 Å². The van der Waals surface area contributed by atoms with Crippen LogP contribution in [0.25, 0.3) is 0 Å². The van der Waals surface area contributed by atoms with Crippen molar-refractivity contribution in [1.82, 2.24) is 0 Å². The van der Waals surface area contributed by atoms with Crippen molar-refractivity contribution in [1.29, 1.82) is 0 Å². The highest BCUT2D eigenvalue weighted by Crippen LogP contribution is 2.60. The number of esters is 1. The molecule has 0 aromatic heterocycles.